The Hall–Kier alpha value is -18.6. The van der Waals surface area contributed by atoms with Gasteiger partial charge in [0, 0.05) is 132 Å². The molecule has 7 heterocycles. The van der Waals surface area contributed by atoms with Crippen molar-refractivity contribution in [2.45, 2.75) is 57.8 Å². The quantitative estimate of drug-likeness (QED) is 0.122. The molecule has 690 valence electrons. The van der Waals surface area contributed by atoms with Crippen molar-refractivity contribution in [2.24, 2.45) is 0 Å². The molecular formula is C138H93N9. The maximum Gasteiger partial charge on any atom is 0.164 e. The second-order valence-electron chi connectivity index (χ2n) is 42.2. The van der Waals surface area contributed by atoms with E-state index in [-0.39, 0.29) is 16.2 Å². The molecule has 7 aromatic heterocycles. The molecule has 31 rings (SSSR count). The van der Waals surface area contributed by atoms with Gasteiger partial charge in [0.2, 0.25) is 0 Å². The van der Waals surface area contributed by atoms with Gasteiger partial charge in [-0.15, -0.1) is 0 Å². The van der Waals surface area contributed by atoms with E-state index in [0.717, 1.165) is 128 Å². The van der Waals surface area contributed by atoms with Crippen molar-refractivity contribution < 1.29 is 0 Å². The first-order valence-electron chi connectivity index (χ1n) is 51.2. The zero-order valence-electron chi connectivity index (χ0n) is 81.8. The molecular weight excluding hydrogens is 1780 g/mol. The van der Waals surface area contributed by atoms with Crippen LogP contribution in [0.25, 0.3) is 266 Å². The maximum absolute atomic E-state index is 5.62. The number of benzene rings is 21. The molecule has 9 nitrogen and oxygen atoms in total. The first kappa shape index (κ1) is 83.1. The van der Waals surface area contributed by atoms with Crippen LogP contribution in [-0.4, -0.2) is 42.4 Å². The topological polar surface area (TPSA) is 68.2 Å². The Kier molecular flexibility index (Phi) is 17.4. The highest BCUT2D eigenvalue weighted by Gasteiger charge is 2.40. The summed E-state index contributed by atoms with van der Waals surface area (Å²) in [6.07, 6.45) is 0. The summed E-state index contributed by atoms with van der Waals surface area (Å²) in [5, 5.41) is 14.4. The number of fused-ring (bicyclic) bond motifs is 27. The Morgan fingerprint density at radius 3 is 0.612 bits per heavy atom. The van der Waals surface area contributed by atoms with Gasteiger partial charge in [-0.05, 0) is 270 Å². The molecule has 28 aromatic rings. The van der Waals surface area contributed by atoms with Crippen LogP contribution >= 0.6 is 0 Å². The molecule has 0 spiro atoms. The van der Waals surface area contributed by atoms with Gasteiger partial charge in [0.25, 0.3) is 0 Å². The average Bonchev–Trinajstić information content (AvgIpc) is 1.57. The van der Waals surface area contributed by atoms with Gasteiger partial charge in [0.05, 0.1) is 66.2 Å². The lowest BCUT2D eigenvalue weighted by molar-refractivity contribution is 0.660. The van der Waals surface area contributed by atoms with Crippen molar-refractivity contribution in [3.63, 3.8) is 0 Å². The summed E-state index contributed by atoms with van der Waals surface area (Å²) in [5.41, 5.74) is 45.2. The SMILES string of the molecule is CC1(C)c2ccccc2-c2ccc(-n3c4ccccc4c4ccc(-c5ccc6c7ccccc7n(-c7ccc(-c8nc(-c9ccc(-n%10c%11ccccc%11c%11ccc(-c%12ccc%13c%14ccccc%14n(-c%14ccc%15c(c%14)C(C)(C)c%14ccccc%14-%15)c%13c%12)cc%11%10)cc9)nc(-c9cccc(-n%10c%11ccccc%11c%11ccc(-c%12ccc%13c%14ccccc%14n(-c%14ccc%15c(c%14)C(C)(C)c%14ccccc%14-%15)c%13c%12)cc%11%10)c9)n8)cc7)c6c5)cc43)cc21. The van der Waals surface area contributed by atoms with E-state index in [2.05, 4.69) is 524 Å². The minimum absolute atomic E-state index is 0.147. The maximum atomic E-state index is 5.62. The molecule has 0 atom stereocenters. The van der Waals surface area contributed by atoms with E-state index in [9.17, 15) is 0 Å². The van der Waals surface area contributed by atoms with Crippen molar-refractivity contribution in [1.82, 2.24) is 42.4 Å². The van der Waals surface area contributed by atoms with Crippen LogP contribution in [0.1, 0.15) is 74.9 Å². The van der Waals surface area contributed by atoms with Gasteiger partial charge >= 0.3 is 0 Å². The number of hydrogen-bond donors (Lipinski definition) is 0. The third kappa shape index (κ3) is 12.1. The van der Waals surface area contributed by atoms with Crippen molar-refractivity contribution in [3.05, 3.63) is 488 Å². The Bertz CT molecular complexity index is 10200. The molecule has 0 aliphatic heterocycles. The summed E-state index contributed by atoms with van der Waals surface area (Å²) >= 11 is 0. The van der Waals surface area contributed by atoms with Gasteiger partial charge in [-0.3, -0.25) is 0 Å². The number of para-hydroxylation sites is 6. The number of rotatable bonds is 12. The van der Waals surface area contributed by atoms with E-state index in [0.29, 0.717) is 17.5 Å². The molecule has 0 radical (unpaired) electrons. The minimum atomic E-state index is -0.153. The van der Waals surface area contributed by atoms with Crippen LogP contribution < -0.4 is 0 Å². The van der Waals surface area contributed by atoms with E-state index in [1.54, 1.807) is 0 Å². The monoisotopic (exact) mass is 1880 g/mol. The van der Waals surface area contributed by atoms with Crippen LogP contribution in [-0.2, 0) is 16.2 Å². The highest BCUT2D eigenvalue weighted by molar-refractivity contribution is 6.17. The zero-order valence-corrected chi connectivity index (χ0v) is 81.8. The highest BCUT2D eigenvalue weighted by atomic mass is 15.1. The van der Waals surface area contributed by atoms with Crippen LogP contribution in [0.3, 0.4) is 0 Å². The summed E-state index contributed by atoms with van der Waals surface area (Å²) < 4.78 is 14.7. The van der Waals surface area contributed by atoms with Gasteiger partial charge < -0.3 is 27.4 Å². The lowest BCUT2D eigenvalue weighted by Crippen LogP contribution is -2.15. The lowest BCUT2D eigenvalue weighted by Gasteiger charge is -2.22. The summed E-state index contributed by atoms with van der Waals surface area (Å²) in [5.74, 6) is 1.67. The van der Waals surface area contributed by atoms with Crippen LogP contribution in [0.5, 0.6) is 0 Å². The lowest BCUT2D eigenvalue weighted by atomic mass is 9.82. The Morgan fingerprint density at radius 1 is 0.136 bits per heavy atom. The van der Waals surface area contributed by atoms with E-state index in [1.165, 1.54) is 154 Å². The molecule has 21 aromatic carbocycles. The van der Waals surface area contributed by atoms with Gasteiger partial charge in [-0.2, -0.15) is 0 Å². The van der Waals surface area contributed by atoms with E-state index < -0.39 is 0 Å². The van der Waals surface area contributed by atoms with Gasteiger partial charge in [-0.1, -0.05) is 327 Å². The van der Waals surface area contributed by atoms with Crippen LogP contribution in [0.4, 0.5) is 0 Å². The molecule has 147 heavy (non-hydrogen) atoms. The second-order valence-corrected chi connectivity index (χ2v) is 42.2. The van der Waals surface area contributed by atoms with Crippen molar-refractivity contribution >= 4 is 131 Å². The molecule has 3 aliphatic rings. The Labute approximate surface area is 848 Å². The molecule has 0 saturated heterocycles. The number of hydrogen-bond acceptors (Lipinski definition) is 3. The molecule has 0 fully saturated rings. The number of nitrogens with zero attached hydrogens (tertiary/aromatic N) is 9. The Balaban J connectivity index is 0.533. The smallest absolute Gasteiger partial charge is 0.164 e. The van der Waals surface area contributed by atoms with Crippen LogP contribution in [0.15, 0.2) is 455 Å². The molecule has 3 aliphatic carbocycles. The van der Waals surface area contributed by atoms with Crippen LogP contribution in [0, 0.1) is 0 Å². The Morgan fingerprint density at radius 2 is 0.340 bits per heavy atom. The molecule has 9 heteroatoms. The van der Waals surface area contributed by atoms with Gasteiger partial charge in [0.15, 0.2) is 17.5 Å². The molecule has 0 unspecified atom stereocenters. The van der Waals surface area contributed by atoms with Crippen molar-refractivity contribution in [3.8, 4) is 135 Å². The number of aromatic nitrogens is 9. The standard InChI is InChI=1S/C138H93N9/c1-136(2)115-37-16-7-28-97(115)100-69-60-94(79-118(100)136)145-124-43-22-13-34-106(124)112-66-53-87(76-130(112)145)84-50-63-109-103-31-10-19-40-121(103)142(127(109)73-84)91-56-46-82(47-57-91)133-139-134(83-48-58-92(59-49-83)143-122-41-20-11-32-104(122)110-64-51-85(74-128(110)143)88-54-67-113-107-35-14-23-44-125(107)146(131(113)77-88)95-61-70-101-98-29-8-17-38-116(98)137(3,4)119(101)80-95)141-135(140-133)90-26-25-27-93(72-90)144-123-42-21-12-33-105(123)111-65-52-86(75-129(111)144)89-55-68-114-108-36-15-24-45-126(108)147(132(114)78-89)96-62-71-102-99-30-9-18-39-117(99)138(5,6)120(102)81-96/h7-81H,1-6H3. The van der Waals surface area contributed by atoms with E-state index >= 15 is 0 Å². The summed E-state index contributed by atoms with van der Waals surface area (Å²) in [7, 11) is 0. The third-order valence-electron chi connectivity index (χ3n) is 33.3. The molecule has 0 bridgehead atoms. The summed E-state index contributed by atoms with van der Waals surface area (Å²) in [4.78, 5) is 16.8. The van der Waals surface area contributed by atoms with Crippen molar-refractivity contribution in [1.29, 1.82) is 0 Å². The molecule has 0 N–H and O–H groups in total. The fraction of sp³-hybridized carbons (Fsp3) is 0.0652. The fourth-order valence-corrected chi connectivity index (χ4v) is 26.1. The fourth-order valence-electron chi connectivity index (χ4n) is 26.1. The molecule has 0 saturated carbocycles. The predicted octanol–water partition coefficient (Wildman–Crippen LogP) is 35.4. The summed E-state index contributed by atoms with van der Waals surface area (Å²) in [6, 6.07) is 170. The average molecular weight is 1880 g/mol. The van der Waals surface area contributed by atoms with E-state index in [4.69, 9.17) is 15.0 Å². The van der Waals surface area contributed by atoms with E-state index in [1.807, 2.05) is 0 Å². The minimum Gasteiger partial charge on any atom is -0.309 e. The first-order valence-corrected chi connectivity index (χ1v) is 51.2. The van der Waals surface area contributed by atoms with Gasteiger partial charge in [0.1, 0.15) is 0 Å². The predicted molar refractivity (Wildman–Crippen MR) is 611 cm³/mol. The normalized spacial score (nSPS) is 13.7. The molecule has 0 amide bonds. The third-order valence-corrected chi connectivity index (χ3v) is 33.3. The second kappa shape index (κ2) is 30.7. The summed E-state index contributed by atoms with van der Waals surface area (Å²) in [6.45, 7) is 14.2. The van der Waals surface area contributed by atoms with Crippen LogP contribution in [0.2, 0.25) is 0 Å². The van der Waals surface area contributed by atoms with Crippen molar-refractivity contribution in [2.75, 3.05) is 0 Å². The zero-order chi connectivity index (χ0) is 97.3. The first-order chi connectivity index (χ1) is 72.1. The van der Waals surface area contributed by atoms with Gasteiger partial charge in [-0.25, -0.2) is 15.0 Å². The highest BCUT2D eigenvalue weighted by Crippen LogP contribution is 2.55. The largest absolute Gasteiger partial charge is 0.309 e.